The van der Waals surface area contributed by atoms with Crippen LogP contribution in [0.3, 0.4) is 0 Å². The van der Waals surface area contributed by atoms with Gasteiger partial charge in [-0.1, -0.05) is 0 Å². The summed E-state index contributed by atoms with van der Waals surface area (Å²) in [4.78, 5) is 15.1. The standard InChI is InChI=1S/C11H15NO7/c1-4-12-8-6(18-4)2-7(11(16)17)19-10(8)9(15)5(14)3-13/h2,5-6,8-10,13-15H,3H2,1H3,(H,16,17)/t5-,6-,8?,9-,10?/m1/s1. The predicted molar refractivity (Wildman–Crippen MR) is 61.5 cm³/mol. The van der Waals surface area contributed by atoms with E-state index in [1.54, 1.807) is 6.92 Å². The minimum absolute atomic E-state index is 0.345. The highest BCUT2D eigenvalue weighted by molar-refractivity contribution is 5.85. The van der Waals surface area contributed by atoms with Crippen LogP contribution in [0, 0.1) is 0 Å². The zero-order valence-corrected chi connectivity index (χ0v) is 10.1. The molecule has 0 spiro atoms. The maximum absolute atomic E-state index is 11.0. The van der Waals surface area contributed by atoms with E-state index in [4.69, 9.17) is 19.7 Å². The van der Waals surface area contributed by atoms with Crippen LogP contribution in [0.2, 0.25) is 0 Å². The molecular formula is C11H15NO7. The average molecular weight is 273 g/mol. The van der Waals surface area contributed by atoms with Gasteiger partial charge in [-0.3, -0.25) is 0 Å². The Kier molecular flexibility index (Phi) is 3.74. The summed E-state index contributed by atoms with van der Waals surface area (Å²) in [5.41, 5.74) is 0. The van der Waals surface area contributed by atoms with Crippen molar-refractivity contribution < 1.29 is 34.7 Å². The minimum atomic E-state index is -1.47. The number of carboxylic acid groups (broad SMARTS) is 1. The summed E-state index contributed by atoms with van der Waals surface area (Å²) >= 11 is 0. The SMILES string of the molecule is CC1=NC2C([C@H](O)[C@H](O)CO)OC(C(=O)O)=C[C@H]2O1. The molecule has 0 aromatic heterocycles. The third kappa shape index (κ3) is 2.55. The van der Waals surface area contributed by atoms with Crippen molar-refractivity contribution in [1.82, 2.24) is 0 Å². The van der Waals surface area contributed by atoms with Crippen molar-refractivity contribution in [1.29, 1.82) is 0 Å². The normalized spacial score (nSPS) is 32.3. The first-order chi connectivity index (χ1) is 8.93. The third-order valence-electron chi connectivity index (χ3n) is 3.02. The maximum Gasteiger partial charge on any atom is 0.370 e. The number of nitrogens with zero attached hydrogens (tertiary/aromatic N) is 1. The van der Waals surface area contributed by atoms with Gasteiger partial charge in [-0.2, -0.15) is 0 Å². The van der Waals surface area contributed by atoms with Crippen LogP contribution in [0.1, 0.15) is 6.92 Å². The molecule has 19 heavy (non-hydrogen) atoms. The number of ether oxygens (including phenoxy) is 2. The van der Waals surface area contributed by atoms with E-state index in [1.165, 1.54) is 6.08 Å². The molecule has 8 heteroatoms. The lowest BCUT2D eigenvalue weighted by atomic mass is 9.95. The molecule has 2 heterocycles. The molecule has 5 atom stereocenters. The van der Waals surface area contributed by atoms with E-state index in [-0.39, 0.29) is 5.76 Å². The van der Waals surface area contributed by atoms with Crippen LogP contribution in [0.5, 0.6) is 0 Å². The Bertz CT molecular complexity index is 433. The molecule has 0 aromatic rings. The largest absolute Gasteiger partial charge is 0.478 e. The van der Waals surface area contributed by atoms with E-state index < -0.39 is 43.0 Å². The Balaban J connectivity index is 2.27. The fourth-order valence-electron chi connectivity index (χ4n) is 2.10. The lowest BCUT2D eigenvalue weighted by Crippen LogP contribution is -2.51. The highest BCUT2D eigenvalue weighted by Crippen LogP contribution is 2.30. The first-order valence-electron chi connectivity index (χ1n) is 5.74. The van der Waals surface area contributed by atoms with Gasteiger partial charge in [0.25, 0.3) is 0 Å². The summed E-state index contributed by atoms with van der Waals surface area (Å²) in [5.74, 6) is -1.33. The number of aliphatic hydroxyl groups is 3. The van der Waals surface area contributed by atoms with Crippen LogP contribution in [0.25, 0.3) is 0 Å². The number of fused-ring (bicyclic) bond motifs is 1. The van der Waals surface area contributed by atoms with Crippen molar-refractivity contribution in [3.63, 3.8) is 0 Å². The highest BCUT2D eigenvalue weighted by atomic mass is 16.5. The van der Waals surface area contributed by atoms with Gasteiger partial charge < -0.3 is 29.9 Å². The Morgan fingerprint density at radius 1 is 1.47 bits per heavy atom. The van der Waals surface area contributed by atoms with Crippen molar-refractivity contribution >= 4 is 11.9 Å². The van der Waals surface area contributed by atoms with Crippen molar-refractivity contribution in [3.8, 4) is 0 Å². The molecular weight excluding hydrogens is 258 g/mol. The van der Waals surface area contributed by atoms with Crippen LogP contribution in [-0.4, -0.2) is 69.4 Å². The third-order valence-corrected chi connectivity index (χ3v) is 3.02. The lowest BCUT2D eigenvalue weighted by molar-refractivity contribution is -0.145. The first-order valence-corrected chi connectivity index (χ1v) is 5.74. The number of aliphatic hydroxyl groups excluding tert-OH is 3. The molecule has 106 valence electrons. The van der Waals surface area contributed by atoms with Crippen LogP contribution >= 0.6 is 0 Å². The molecule has 8 nitrogen and oxygen atoms in total. The second kappa shape index (κ2) is 5.16. The molecule has 0 saturated heterocycles. The Morgan fingerprint density at radius 3 is 2.74 bits per heavy atom. The Hall–Kier alpha value is -1.64. The average Bonchev–Trinajstić information content (AvgIpc) is 2.75. The van der Waals surface area contributed by atoms with Gasteiger partial charge in [0.2, 0.25) is 5.76 Å². The lowest BCUT2D eigenvalue weighted by Gasteiger charge is -2.34. The summed E-state index contributed by atoms with van der Waals surface area (Å²) in [6.45, 7) is 0.923. The maximum atomic E-state index is 11.0. The van der Waals surface area contributed by atoms with Gasteiger partial charge in [0.1, 0.15) is 24.4 Å². The molecule has 0 aliphatic carbocycles. The molecule has 4 N–H and O–H groups in total. The first kappa shape index (κ1) is 13.8. The van der Waals surface area contributed by atoms with Crippen molar-refractivity contribution in [2.45, 2.75) is 37.4 Å². The Labute approximate surface area is 108 Å². The monoisotopic (exact) mass is 273 g/mol. The zero-order valence-electron chi connectivity index (χ0n) is 10.1. The smallest absolute Gasteiger partial charge is 0.370 e. The summed E-state index contributed by atoms with van der Waals surface area (Å²) in [7, 11) is 0. The molecule has 0 aromatic carbocycles. The van der Waals surface area contributed by atoms with Gasteiger partial charge in [0.05, 0.1) is 6.61 Å². The summed E-state index contributed by atoms with van der Waals surface area (Å²) in [6.07, 6.45) is -3.42. The number of hydrogen-bond acceptors (Lipinski definition) is 7. The summed E-state index contributed by atoms with van der Waals surface area (Å²) in [5, 5.41) is 37.1. The van der Waals surface area contributed by atoms with Crippen molar-refractivity contribution in [2.75, 3.05) is 6.61 Å². The van der Waals surface area contributed by atoms with E-state index >= 15 is 0 Å². The van der Waals surface area contributed by atoms with E-state index in [2.05, 4.69) is 4.99 Å². The van der Waals surface area contributed by atoms with Gasteiger partial charge in [0.15, 0.2) is 12.0 Å². The zero-order chi connectivity index (χ0) is 14.2. The number of carboxylic acids is 1. The predicted octanol–water partition coefficient (Wildman–Crippen LogP) is -1.75. The summed E-state index contributed by atoms with van der Waals surface area (Å²) in [6, 6.07) is -0.653. The quantitative estimate of drug-likeness (QED) is 0.478. The van der Waals surface area contributed by atoms with E-state index in [0.717, 1.165) is 0 Å². The van der Waals surface area contributed by atoms with Crippen molar-refractivity contribution in [2.24, 2.45) is 4.99 Å². The second-order valence-electron chi connectivity index (χ2n) is 4.38. The molecule has 2 aliphatic rings. The van der Waals surface area contributed by atoms with Crippen LogP contribution in [0.4, 0.5) is 0 Å². The highest BCUT2D eigenvalue weighted by Gasteiger charge is 2.46. The van der Waals surface area contributed by atoms with Gasteiger partial charge in [0, 0.05) is 13.0 Å². The van der Waals surface area contributed by atoms with Gasteiger partial charge in [-0.15, -0.1) is 0 Å². The molecule has 0 fully saturated rings. The molecule has 0 amide bonds. The topological polar surface area (TPSA) is 129 Å². The van der Waals surface area contributed by atoms with E-state index in [0.29, 0.717) is 5.90 Å². The molecule has 0 radical (unpaired) electrons. The fraction of sp³-hybridized carbons (Fsp3) is 0.636. The number of hydrogen-bond donors (Lipinski definition) is 4. The van der Waals surface area contributed by atoms with Gasteiger partial charge in [-0.25, -0.2) is 9.79 Å². The minimum Gasteiger partial charge on any atom is -0.478 e. The van der Waals surface area contributed by atoms with Crippen LogP contribution in [-0.2, 0) is 14.3 Å². The molecule has 0 bridgehead atoms. The number of carbonyl (C=O) groups is 1. The van der Waals surface area contributed by atoms with Crippen molar-refractivity contribution in [3.05, 3.63) is 11.8 Å². The second-order valence-corrected chi connectivity index (χ2v) is 4.38. The molecule has 2 unspecified atom stereocenters. The number of aliphatic carboxylic acids is 1. The molecule has 0 saturated carbocycles. The molecule has 2 aliphatic heterocycles. The van der Waals surface area contributed by atoms with Crippen LogP contribution in [0.15, 0.2) is 16.8 Å². The van der Waals surface area contributed by atoms with E-state index in [1.807, 2.05) is 0 Å². The van der Waals surface area contributed by atoms with Gasteiger partial charge >= 0.3 is 5.97 Å². The Morgan fingerprint density at radius 2 is 2.16 bits per heavy atom. The summed E-state index contributed by atoms with van der Waals surface area (Å²) < 4.78 is 10.5. The fourth-order valence-corrected chi connectivity index (χ4v) is 2.10. The van der Waals surface area contributed by atoms with Gasteiger partial charge in [-0.05, 0) is 0 Å². The number of aliphatic imine (C=N–C) groups is 1. The van der Waals surface area contributed by atoms with E-state index in [9.17, 15) is 15.0 Å². The number of rotatable bonds is 4. The van der Waals surface area contributed by atoms with Crippen LogP contribution < -0.4 is 0 Å². The molecule has 2 rings (SSSR count).